The van der Waals surface area contributed by atoms with Crippen molar-refractivity contribution in [3.05, 3.63) is 17.5 Å². The molecule has 0 N–H and O–H groups in total. The third-order valence-electron chi connectivity index (χ3n) is 4.45. The topological polar surface area (TPSA) is 31.4 Å². The predicted octanol–water partition coefficient (Wildman–Crippen LogP) is 5.48. The first-order valence-electron chi connectivity index (χ1n) is 9.39. The molecule has 2 rings (SSSR count). The number of nitrogens with zero attached hydrogens (tertiary/aromatic N) is 1. The zero-order valence-electron chi connectivity index (χ0n) is 15.4. The molecule has 1 aromatic heterocycles. The summed E-state index contributed by atoms with van der Waals surface area (Å²) in [7, 11) is 0. The minimum Gasteiger partial charge on any atom is -0.485 e. The number of hydrogen-bond acceptors (Lipinski definition) is 3. The van der Waals surface area contributed by atoms with Crippen molar-refractivity contribution in [2.24, 2.45) is 5.92 Å². The van der Waals surface area contributed by atoms with Gasteiger partial charge in [-0.05, 0) is 32.1 Å². The van der Waals surface area contributed by atoms with Crippen LogP contribution in [0.2, 0.25) is 0 Å². The molecule has 0 saturated heterocycles. The Morgan fingerprint density at radius 3 is 2.61 bits per heavy atom. The summed E-state index contributed by atoms with van der Waals surface area (Å²) in [5, 5.41) is 0. The van der Waals surface area contributed by atoms with Gasteiger partial charge in [-0.15, -0.1) is 0 Å². The van der Waals surface area contributed by atoms with Gasteiger partial charge in [-0.25, -0.2) is 0 Å². The van der Waals surface area contributed by atoms with Gasteiger partial charge in [0.25, 0.3) is 0 Å². The van der Waals surface area contributed by atoms with Crippen LogP contribution < -0.4 is 9.47 Å². The van der Waals surface area contributed by atoms with Crippen LogP contribution in [0.15, 0.2) is 6.20 Å². The van der Waals surface area contributed by atoms with E-state index in [4.69, 9.17) is 9.47 Å². The smallest absolute Gasteiger partial charge is 0.183 e. The van der Waals surface area contributed by atoms with Crippen molar-refractivity contribution in [2.75, 3.05) is 6.61 Å². The number of aromatic nitrogens is 1. The number of rotatable bonds is 9. The number of fused-ring (bicyclic) bond motifs is 1. The molecule has 1 atom stereocenters. The van der Waals surface area contributed by atoms with Gasteiger partial charge in [0.05, 0.1) is 5.69 Å². The first-order chi connectivity index (χ1) is 11.1. The second-order valence-corrected chi connectivity index (χ2v) is 7.23. The molecule has 1 unspecified atom stereocenters. The van der Waals surface area contributed by atoms with E-state index in [9.17, 15) is 0 Å². The third-order valence-corrected chi connectivity index (χ3v) is 4.45. The molecule has 23 heavy (non-hydrogen) atoms. The van der Waals surface area contributed by atoms with E-state index in [-0.39, 0.29) is 6.10 Å². The standard InChI is InChI=1S/C20H33NO2/c1-5-6-7-8-9-10-11-18-14-22-20-17(12-15(2)3)13-21-16(4)19(20)23-18/h13,15,18H,5-12,14H2,1-4H3. The van der Waals surface area contributed by atoms with Crippen LogP contribution in [0.5, 0.6) is 11.5 Å². The lowest BCUT2D eigenvalue weighted by molar-refractivity contribution is 0.0800. The maximum absolute atomic E-state index is 6.23. The van der Waals surface area contributed by atoms with E-state index in [1.54, 1.807) is 0 Å². The minimum absolute atomic E-state index is 0.184. The molecule has 2 heterocycles. The van der Waals surface area contributed by atoms with Crippen LogP contribution in [-0.2, 0) is 6.42 Å². The molecule has 1 aliphatic heterocycles. The van der Waals surface area contributed by atoms with E-state index in [1.165, 1.54) is 44.1 Å². The second kappa shape index (κ2) is 9.14. The molecular formula is C20H33NO2. The van der Waals surface area contributed by atoms with E-state index >= 15 is 0 Å². The lowest BCUT2D eigenvalue weighted by Crippen LogP contribution is -2.30. The quantitative estimate of drug-likeness (QED) is 0.565. The van der Waals surface area contributed by atoms with Crippen molar-refractivity contribution in [1.29, 1.82) is 0 Å². The Labute approximate surface area is 141 Å². The largest absolute Gasteiger partial charge is 0.485 e. The summed E-state index contributed by atoms with van der Waals surface area (Å²) in [6.45, 7) is 9.38. The highest BCUT2D eigenvalue weighted by atomic mass is 16.6. The molecule has 0 amide bonds. The fourth-order valence-corrected chi connectivity index (χ4v) is 3.16. The number of aryl methyl sites for hydroxylation is 1. The molecule has 0 spiro atoms. The molecule has 0 fully saturated rings. The average molecular weight is 319 g/mol. The Hall–Kier alpha value is -1.25. The van der Waals surface area contributed by atoms with Gasteiger partial charge in [0.1, 0.15) is 12.7 Å². The number of ether oxygens (including phenoxy) is 2. The van der Waals surface area contributed by atoms with Gasteiger partial charge in [-0.3, -0.25) is 4.98 Å². The van der Waals surface area contributed by atoms with Gasteiger partial charge in [-0.2, -0.15) is 0 Å². The molecule has 0 saturated carbocycles. The summed E-state index contributed by atoms with van der Waals surface area (Å²) < 4.78 is 12.3. The Morgan fingerprint density at radius 2 is 1.87 bits per heavy atom. The number of unbranched alkanes of at least 4 members (excludes halogenated alkanes) is 5. The summed E-state index contributed by atoms with van der Waals surface area (Å²) in [6.07, 6.45) is 12.1. The van der Waals surface area contributed by atoms with Crippen molar-refractivity contribution in [1.82, 2.24) is 4.98 Å². The van der Waals surface area contributed by atoms with Gasteiger partial charge in [0.15, 0.2) is 11.5 Å². The van der Waals surface area contributed by atoms with Gasteiger partial charge >= 0.3 is 0 Å². The van der Waals surface area contributed by atoms with Crippen molar-refractivity contribution in [3.8, 4) is 11.5 Å². The van der Waals surface area contributed by atoms with Crippen LogP contribution in [0, 0.1) is 12.8 Å². The molecule has 3 heteroatoms. The number of pyridine rings is 1. The van der Waals surface area contributed by atoms with Crippen LogP contribution >= 0.6 is 0 Å². The Morgan fingerprint density at radius 1 is 1.13 bits per heavy atom. The van der Waals surface area contributed by atoms with E-state index < -0.39 is 0 Å². The Balaban J connectivity index is 1.88. The van der Waals surface area contributed by atoms with Gasteiger partial charge in [-0.1, -0.05) is 52.9 Å². The van der Waals surface area contributed by atoms with Gasteiger partial charge < -0.3 is 9.47 Å². The Kier molecular flexibility index (Phi) is 7.19. The first-order valence-corrected chi connectivity index (χ1v) is 9.39. The highest BCUT2D eigenvalue weighted by molar-refractivity contribution is 5.49. The van der Waals surface area contributed by atoms with Crippen molar-refractivity contribution in [3.63, 3.8) is 0 Å². The molecule has 0 aliphatic carbocycles. The zero-order valence-corrected chi connectivity index (χ0v) is 15.4. The van der Waals surface area contributed by atoms with Gasteiger partial charge in [0.2, 0.25) is 0 Å². The van der Waals surface area contributed by atoms with Crippen LogP contribution in [0.3, 0.4) is 0 Å². The molecule has 1 aliphatic rings. The van der Waals surface area contributed by atoms with Gasteiger partial charge in [0, 0.05) is 11.8 Å². The van der Waals surface area contributed by atoms with Crippen LogP contribution in [0.4, 0.5) is 0 Å². The van der Waals surface area contributed by atoms with E-state index in [2.05, 4.69) is 25.8 Å². The molecule has 0 bridgehead atoms. The van der Waals surface area contributed by atoms with Crippen molar-refractivity contribution in [2.45, 2.75) is 85.2 Å². The molecule has 1 aromatic rings. The van der Waals surface area contributed by atoms with E-state index in [0.29, 0.717) is 12.5 Å². The molecule has 0 aromatic carbocycles. The molecular weight excluding hydrogens is 286 g/mol. The summed E-state index contributed by atoms with van der Waals surface area (Å²) in [6, 6.07) is 0. The highest BCUT2D eigenvalue weighted by Crippen LogP contribution is 2.38. The fourth-order valence-electron chi connectivity index (χ4n) is 3.16. The van der Waals surface area contributed by atoms with E-state index in [0.717, 1.165) is 30.0 Å². The maximum atomic E-state index is 6.23. The summed E-state index contributed by atoms with van der Waals surface area (Å²) >= 11 is 0. The van der Waals surface area contributed by atoms with Crippen LogP contribution in [0.1, 0.15) is 77.0 Å². The average Bonchev–Trinajstić information content (AvgIpc) is 2.53. The Bertz CT molecular complexity index is 485. The van der Waals surface area contributed by atoms with Crippen LogP contribution in [-0.4, -0.2) is 17.7 Å². The lowest BCUT2D eigenvalue weighted by atomic mass is 10.0. The fraction of sp³-hybridized carbons (Fsp3) is 0.750. The molecule has 0 radical (unpaired) electrons. The van der Waals surface area contributed by atoms with E-state index in [1.807, 2.05) is 13.1 Å². The SMILES string of the molecule is CCCCCCCCC1COc2c(CC(C)C)cnc(C)c2O1. The van der Waals surface area contributed by atoms with Crippen molar-refractivity contribution < 1.29 is 9.47 Å². The minimum atomic E-state index is 0.184. The molecule has 3 nitrogen and oxygen atoms in total. The summed E-state index contributed by atoms with van der Waals surface area (Å²) in [5.41, 5.74) is 2.12. The molecule has 130 valence electrons. The van der Waals surface area contributed by atoms with Crippen LogP contribution in [0.25, 0.3) is 0 Å². The van der Waals surface area contributed by atoms with Crippen molar-refractivity contribution >= 4 is 0 Å². The number of hydrogen-bond donors (Lipinski definition) is 0. The predicted molar refractivity (Wildman–Crippen MR) is 95.4 cm³/mol. The normalized spacial score (nSPS) is 16.8. The second-order valence-electron chi connectivity index (χ2n) is 7.23. The monoisotopic (exact) mass is 319 g/mol. The third kappa shape index (κ3) is 5.40. The lowest BCUT2D eigenvalue weighted by Gasteiger charge is -2.29. The highest BCUT2D eigenvalue weighted by Gasteiger charge is 2.25. The first kappa shape index (κ1) is 18.1. The summed E-state index contributed by atoms with van der Waals surface area (Å²) in [5.74, 6) is 2.41. The maximum Gasteiger partial charge on any atom is 0.183 e. The zero-order chi connectivity index (χ0) is 16.7. The summed E-state index contributed by atoms with van der Waals surface area (Å²) in [4.78, 5) is 4.51.